The first-order chi connectivity index (χ1) is 12.3. The maximum absolute atomic E-state index is 12.0. The van der Waals surface area contributed by atoms with E-state index in [4.69, 9.17) is 0 Å². The van der Waals surface area contributed by atoms with Crippen LogP contribution < -0.4 is 5.32 Å². The molecule has 1 aromatic heterocycles. The van der Waals surface area contributed by atoms with Gasteiger partial charge in [0.2, 0.25) is 11.1 Å². The molecule has 0 bridgehead atoms. The third kappa shape index (κ3) is 4.19. The Bertz CT molecular complexity index is 744. The van der Waals surface area contributed by atoms with Gasteiger partial charge in [-0.2, -0.15) is 0 Å². The zero-order valence-electron chi connectivity index (χ0n) is 14.1. The molecule has 4 rings (SSSR count). The number of carbonyl (C=O) groups is 1. The molecule has 25 heavy (non-hydrogen) atoms. The minimum absolute atomic E-state index is 0.0350. The van der Waals surface area contributed by atoms with Gasteiger partial charge in [-0.05, 0) is 40.8 Å². The number of fused-ring (bicyclic) bond motifs is 1. The maximum atomic E-state index is 12.0. The number of rotatable bonds is 7. The third-order valence-corrected chi connectivity index (χ3v) is 5.58. The second-order valence-corrected chi connectivity index (χ2v) is 7.51. The normalized spacial score (nSPS) is 17.3. The smallest absolute Gasteiger partial charge is 0.230 e. The molecular weight excluding hydrogens is 336 g/mol. The standard InChI is InChI=1S/C17H22N6OS/c24-16(12-25-17-19-20-21-23(17)15-5-6-15)18-8-10-22-9-7-13-3-1-2-4-14(13)11-22/h1-4,15H,5-12H2,(H,18,24). The van der Waals surface area contributed by atoms with Gasteiger partial charge in [0.1, 0.15) is 0 Å². The van der Waals surface area contributed by atoms with Gasteiger partial charge in [-0.3, -0.25) is 9.69 Å². The topological polar surface area (TPSA) is 75.9 Å². The molecule has 0 radical (unpaired) electrons. The zero-order chi connectivity index (χ0) is 17.1. The van der Waals surface area contributed by atoms with Crippen LogP contribution >= 0.6 is 11.8 Å². The van der Waals surface area contributed by atoms with E-state index in [0.717, 1.165) is 44.1 Å². The van der Waals surface area contributed by atoms with E-state index in [-0.39, 0.29) is 5.91 Å². The van der Waals surface area contributed by atoms with Gasteiger partial charge in [-0.15, -0.1) is 5.10 Å². The number of tetrazole rings is 1. The first-order valence-electron chi connectivity index (χ1n) is 8.76. The van der Waals surface area contributed by atoms with Crippen LogP contribution in [0.5, 0.6) is 0 Å². The predicted octanol–water partition coefficient (Wildman–Crippen LogP) is 1.27. The van der Waals surface area contributed by atoms with Crippen molar-refractivity contribution in [2.24, 2.45) is 0 Å². The van der Waals surface area contributed by atoms with Crippen molar-refractivity contribution in [2.75, 3.05) is 25.4 Å². The van der Waals surface area contributed by atoms with Crippen LogP contribution in [0.4, 0.5) is 0 Å². The van der Waals surface area contributed by atoms with Crippen LogP contribution in [0.25, 0.3) is 0 Å². The van der Waals surface area contributed by atoms with Crippen molar-refractivity contribution in [3.63, 3.8) is 0 Å². The molecule has 7 nitrogen and oxygen atoms in total. The molecule has 132 valence electrons. The van der Waals surface area contributed by atoms with Gasteiger partial charge in [-0.25, -0.2) is 4.68 Å². The largest absolute Gasteiger partial charge is 0.354 e. The van der Waals surface area contributed by atoms with Crippen LogP contribution in [0.3, 0.4) is 0 Å². The van der Waals surface area contributed by atoms with Crippen molar-refractivity contribution in [3.05, 3.63) is 35.4 Å². The van der Waals surface area contributed by atoms with Crippen LogP contribution in [0.15, 0.2) is 29.4 Å². The maximum Gasteiger partial charge on any atom is 0.230 e. The lowest BCUT2D eigenvalue weighted by atomic mass is 10.00. The summed E-state index contributed by atoms with van der Waals surface area (Å²) in [5, 5.41) is 15.4. The number of thioether (sulfide) groups is 1. The van der Waals surface area contributed by atoms with Gasteiger partial charge in [0.25, 0.3) is 0 Å². The minimum Gasteiger partial charge on any atom is -0.354 e. The molecule has 0 unspecified atom stereocenters. The number of amides is 1. The Balaban J connectivity index is 1.18. The molecule has 2 heterocycles. The molecule has 1 aliphatic carbocycles. The van der Waals surface area contributed by atoms with Crippen LogP contribution in [0.1, 0.15) is 30.0 Å². The van der Waals surface area contributed by atoms with Crippen LogP contribution in [0, 0.1) is 0 Å². The summed E-state index contributed by atoms with van der Waals surface area (Å²) in [6.07, 6.45) is 3.34. The highest BCUT2D eigenvalue weighted by atomic mass is 32.2. The SMILES string of the molecule is O=C(CSc1nnnn1C1CC1)NCCN1CCc2ccccc2C1. The Kier molecular flexibility index (Phi) is 4.98. The Labute approximate surface area is 151 Å². The summed E-state index contributed by atoms with van der Waals surface area (Å²) in [7, 11) is 0. The van der Waals surface area contributed by atoms with Crippen LogP contribution in [-0.4, -0.2) is 56.4 Å². The molecule has 1 N–H and O–H groups in total. The molecule has 1 amide bonds. The van der Waals surface area contributed by atoms with E-state index in [9.17, 15) is 4.79 Å². The van der Waals surface area contributed by atoms with Gasteiger partial charge < -0.3 is 5.32 Å². The highest BCUT2D eigenvalue weighted by molar-refractivity contribution is 7.99. The lowest BCUT2D eigenvalue weighted by molar-refractivity contribution is -0.118. The molecule has 2 aromatic rings. The highest BCUT2D eigenvalue weighted by Gasteiger charge is 2.28. The Morgan fingerprint density at radius 3 is 2.96 bits per heavy atom. The first-order valence-corrected chi connectivity index (χ1v) is 9.74. The van der Waals surface area contributed by atoms with Crippen molar-refractivity contribution < 1.29 is 4.79 Å². The monoisotopic (exact) mass is 358 g/mol. The number of nitrogens with one attached hydrogen (secondary N) is 1. The van der Waals surface area contributed by atoms with Crippen molar-refractivity contribution >= 4 is 17.7 Å². The van der Waals surface area contributed by atoms with E-state index in [2.05, 4.69) is 50.0 Å². The number of nitrogens with zero attached hydrogens (tertiary/aromatic N) is 5. The fraction of sp³-hybridized carbons (Fsp3) is 0.529. The van der Waals surface area contributed by atoms with Crippen molar-refractivity contribution in [3.8, 4) is 0 Å². The number of hydrogen-bond donors (Lipinski definition) is 1. The van der Waals surface area contributed by atoms with Crippen molar-refractivity contribution in [1.29, 1.82) is 0 Å². The average molecular weight is 358 g/mol. The van der Waals surface area contributed by atoms with E-state index >= 15 is 0 Å². The second kappa shape index (κ2) is 7.53. The number of benzene rings is 1. The Morgan fingerprint density at radius 1 is 1.28 bits per heavy atom. The molecule has 8 heteroatoms. The Morgan fingerprint density at radius 2 is 2.12 bits per heavy atom. The van der Waals surface area contributed by atoms with Gasteiger partial charge >= 0.3 is 0 Å². The fourth-order valence-electron chi connectivity index (χ4n) is 3.11. The summed E-state index contributed by atoms with van der Waals surface area (Å²) in [6, 6.07) is 9.03. The summed E-state index contributed by atoms with van der Waals surface area (Å²) >= 11 is 1.41. The molecule has 1 aromatic carbocycles. The molecule has 1 aliphatic heterocycles. The van der Waals surface area contributed by atoms with Crippen LogP contribution in [-0.2, 0) is 17.8 Å². The summed E-state index contributed by atoms with van der Waals surface area (Å²) in [5.74, 6) is 0.392. The summed E-state index contributed by atoms with van der Waals surface area (Å²) < 4.78 is 1.84. The van der Waals surface area contributed by atoms with Gasteiger partial charge in [0, 0.05) is 26.2 Å². The highest BCUT2D eigenvalue weighted by Crippen LogP contribution is 2.36. The minimum atomic E-state index is 0.0350. The number of carbonyl (C=O) groups excluding carboxylic acids is 1. The summed E-state index contributed by atoms with van der Waals surface area (Å²) in [4.78, 5) is 14.4. The van der Waals surface area contributed by atoms with Crippen molar-refractivity contribution in [2.45, 2.75) is 37.0 Å². The van der Waals surface area contributed by atoms with E-state index in [1.165, 1.54) is 22.9 Å². The molecule has 2 aliphatic rings. The first kappa shape index (κ1) is 16.5. The molecule has 0 atom stereocenters. The molecule has 0 saturated heterocycles. The molecule has 0 spiro atoms. The Hall–Kier alpha value is -1.93. The molecule has 1 fully saturated rings. The summed E-state index contributed by atoms with van der Waals surface area (Å²) in [5.41, 5.74) is 2.86. The van der Waals surface area contributed by atoms with Crippen molar-refractivity contribution in [1.82, 2.24) is 30.4 Å². The van der Waals surface area contributed by atoms with E-state index in [0.29, 0.717) is 18.3 Å². The summed E-state index contributed by atoms with van der Waals surface area (Å²) in [6.45, 7) is 3.58. The average Bonchev–Trinajstić information content (AvgIpc) is 3.38. The van der Waals surface area contributed by atoms with Gasteiger partial charge in [0.15, 0.2) is 0 Å². The second-order valence-electron chi connectivity index (χ2n) is 6.57. The lowest BCUT2D eigenvalue weighted by Gasteiger charge is -2.28. The lowest BCUT2D eigenvalue weighted by Crippen LogP contribution is -2.38. The zero-order valence-corrected chi connectivity index (χ0v) is 14.9. The quantitative estimate of drug-likeness (QED) is 0.752. The van der Waals surface area contributed by atoms with Gasteiger partial charge in [0.05, 0.1) is 11.8 Å². The predicted molar refractivity (Wildman–Crippen MR) is 95.2 cm³/mol. The van der Waals surface area contributed by atoms with Crippen LogP contribution in [0.2, 0.25) is 0 Å². The molecular formula is C17H22N6OS. The van der Waals surface area contributed by atoms with E-state index < -0.39 is 0 Å². The fourth-order valence-corrected chi connectivity index (χ4v) is 3.88. The van der Waals surface area contributed by atoms with Gasteiger partial charge in [-0.1, -0.05) is 36.0 Å². The van der Waals surface area contributed by atoms with E-state index in [1.54, 1.807) is 0 Å². The third-order valence-electron chi connectivity index (χ3n) is 4.65. The number of aromatic nitrogens is 4. The van der Waals surface area contributed by atoms with E-state index in [1.807, 2.05) is 4.68 Å². The number of hydrogen-bond acceptors (Lipinski definition) is 6. The molecule has 1 saturated carbocycles.